The van der Waals surface area contributed by atoms with Crippen molar-refractivity contribution in [2.75, 3.05) is 6.54 Å². The van der Waals surface area contributed by atoms with Gasteiger partial charge in [0, 0.05) is 6.04 Å². The van der Waals surface area contributed by atoms with Gasteiger partial charge in [0.1, 0.15) is 17.3 Å². The van der Waals surface area contributed by atoms with Crippen molar-refractivity contribution in [3.05, 3.63) is 58.9 Å². The first-order chi connectivity index (χ1) is 10.1. The minimum atomic E-state index is -0.376. The Hall–Kier alpha value is -1.58. The lowest BCUT2D eigenvalue weighted by molar-refractivity contribution is 0.476. The minimum absolute atomic E-state index is 0.263. The summed E-state index contributed by atoms with van der Waals surface area (Å²) in [6.45, 7) is 5.13. The van der Waals surface area contributed by atoms with Gasteiger partial charge in [0.15, 0.2) is 0 Å². The molecule has 0 aromatic heterocycles. The van der Waals surface area contributed by atoms with Crippen molar-refractivity contribution >= 4 is 11.6 Å². The van der Waals surface area contributed by atoms with Gasteiger partial charge in [-0.15, -0.1) is 0 Å². The molecule has 0 radical (unpaired) electrons. The molecule has 0 fully saturated rings. The van der Waals surface area contributed by atoms with Crippen molar-refractivity contribution in [2.24, 2.45) is 0 Å². The molecule has 21 heavy (non-hydrogen) atoms. The number of hydrogen-bond donors (Lipinski definition) is 1. The van der Waals surface area contributed by atoms with E-state index in [1.54, 1.807) is 0 Å². The number of rotatable bonds is 6. The van der Waals surface area contributed by atoms with Crippen LogP contribution in [0.15, 0.2) is 42.5 Å². The smallest absolute Gasteiger partial charge is 0.146 e. The predicted octanol–water partition coefficient (Wildman–Crippen LogP) is 5.33. The molecule has 2 rings (SSSR count). The van der Waals surface area contributed by atoms with Crippen molar-refractivity contribution in [1.29, 1.82) is 0 Å². The third-order valence-electron chi connectivity index (χ3n) is 3.24. The normalized spacial score (nSPS) is 12.2. The molecule has 1 unspecified atom stereocenters. The molecule has 0 heterocycles. The Morgan fingerprint density at radius 3 is 2.67 bits per heavy atom. The fourth-order valence-corrected chi connectivity index (χ4v) is 2.43. The van der Waals surface area contributed by atoms with Crippen molar-refractivity contribution in [3.8, 4) is 11.5 Å². The molecule has 0 bridgehead atoms. The highest BCUT2D eigenvalue weighted by Gasteiger charge is 2.10. The van der Waals surface area contributed by atoms with E-state index in [1.807, 2.05) is 18.2 Å². The molecule has 2 aromatic rings. The van der Waals surface area contributed by atoms with Gasteiger partial charge in [0.25, 0.3) is 0 Å². The van der Waals surface area contributed by atoms with E-state index < -0.39 is 0 Å². The summed E-state index contributed by atoms with van der Waals surface area (Å²) in [6, 6.07) is 12.3. The van der Waals surface area contributed by atoms with Crippen LogP contribution in [-0.4, -0.2) is 6.54 Å². The molecular weight excluding hydrogens is 289 g/mol. The zero-order valence-corrected chi connectivity index (χ0v) is 13.0. The van der Waals surface area contributed by atoms with Crippen LogP contribution in [0, 0.1) is 5.82 Å². The number of benzene rings is 2. The predicted molar refractivity (Wildman–Crippen MR) is 84.6 cm³/mol. The van der Waals surface area contributed by atoms with Crippen LogP contribution in [0.3, 0.4) is 0 Å². The number of halogens is 2. The van der Waals surface area contributed by atoms with E-state index in [4.69, 9.17) is 16.3 Å². The maximum Gasteiger partial charge on any atom is 0.146 e. The maximum atomic E-state index is 13.0. The summed E-state index contributed by atoms with van der Waals surface area (Å²) in [7, 11) is 0. The van der Waals surface area contributed by atoms with Gasteiger partial charge in [-0.25, -0.2) is 4.39 Å². The van der Waals surface area contributed by atoms with Gasteiger partial charge < -0.3 is 10.1 Å². The van der Waals surface area contributed by atoms with E-state index in [0.717, 1.165) is 18.5 Å². The molecule has 0 amide bonds. The second-order valence-electron chi connectivity index (χ2n) is 4.77. The highest BCUT2D eigenvalue weighted by Crippen LogP contribution is 2.31. The van der Waals surface area contributed by atoms with Gasteiger partial charge in [0.2, 0.25) is 0 Å². The monoisotopic (exact) mass is 307 g/mol. The summed E-state index contributed by atoms with van der Waals surface area (Å²) < 4.78 is 18.8. The van der Waals surface area contributed by atoms with Crippen LogP contribution >= 0.6 is 11.6 Å². The Morgan fingerprint density at radius 1 is 1.19 bits per heavy atom. The minimum Gasteiger partial charge on any atom is -0.456 e. The summed E-state index contributed by atoms with van der Waals surface area (Å²) in [5, 5.41) is 3.69. The van der Waals surface area contributed by atoms with Gasteiger partial charge >= 0.3 is 0 Å². The molecule has 1 atom stereocenters. The van der Waals surface area contributed by atoms with Crippen LogP contribution < -0.4 is 10.1 Å². The van der Waals surface area contributed by atoms with Gasteiger partial charge in [-0.3, -0.25) is 0 Å². The number of ether oxygens (including phenoxy) is 1. The Morgan fingerprint density at radius 2 is 2.00 bits per heavy atom. The average molecular weight is 308 g/mol. The fourth-order valence-electron chi connectivity index (χ4n) is 2.22. The summed E-state index contributed by atoms with van der Waals surface area (Å²) >= 11 is 5.98. The van der Waals surface area contributed by atoms with Crippen LogP contribution in [0.4, 0.5) is 4.39 Å². The van der Waals surface area contributed by atoms with E-state index in [1.165, 1.54) is 18.2 Å². The van der Waals surface area contributed by atoms with E-state index in [9.17, 15) is 4.39 Å². The molecular formula is C17H19ClFNO. The quantitative estimate of drug-likeness (QED) is 0.778. The topological polar surface area (TPSA) is 21.3 Å². The van der Waals surface area contributed by atoms with Crippen LogP contribution in [0.1, 0.15) is 31.9 Å². The molecule has 0 aliphatic rings. The standard InChI is InChI=1S/C17H19ClFNO/c1-3-16(20-4-2)12-6-5-7-14(10-12)21-17-9-8-13(19)11-15(17)18/h5-11,16,20H,3-4H2,1-2H3. The van der Waals surface area contributed by atoms with Crippen LogP contribution in [0.2, 0.25) is 5.02 Å². The van der Waals surface area contributed by atoms with Crippen LogP contribution in [0.5, 0.6) is 11.5 Å². The van der Waals surface area contributed by atoms with E-state index in [-0.39, 0.29) is 10.8 Å². The van der Waals surface area contributed by atoms with Crippen LogP contribution in [-0.2, 0) is 0 Å². The summed E-state index contributed by atoms with van der Waals surface area (Å²) in [4.78, 5) is 0. The second kappa shape index (κ2) is 7.43. The Kier molecular flexibility index (Phi) is 5.59. The van der Waals surface area contributed by atoms with Crippen molar-refractivity contribution in [3.63, 3.8) is 0 Å². The summed E-state index contributed by atoms with van der Waals surface area (Å²) in [5.74, 6) is 0.767. The van der Waals surface area contributed by atoms with E-state index in [0.29, 0.717) is 17.5 Å². The van der Waals surface area contributed by atoms with Crippen molar-refractivity contribution in [2.45, 2.75) is 26.3 Å². The molecule has 0 aliphatic heterocycles. The summed E-state index contributed by atoms with van der Waals surface area (Å²) in [5.41, 5.74) is 1.16. The molecule has 4 heteroatoms. The van der Waals surface area contributed by atoms with Gasteiger partial charge in [-0.2, -0.15) is 0 Å². The van der Waals surface area contributed by atoms with Gasteiger partial charge in [0.05, 0.1) is 5.02 Å². The number of nitrogens with one attached hydrogen (secondary N) is 1. The molecule has 2 nitrogen and oxygen atoms in total. The third-order valence-corrected chi connectivity index (χ3v) is 3.54. The van der Waals surface area contributed by atoms with Crippen LogP contribution in [0.25, 0.3) is 0 Å². The zero-order chi connectivity index (χ0) is 15.2. The van der Waals surface area contributed by atoms with E-state index >= 15 is 0 Å². The molecule has 1 N–H and O–H groups in total. The van der Waals surface area contributed by atoms with Gasteiger partial charge in [-0.05, 0) is 48.9 Å². The molecule has 0 saturated heterocycles. The summed E-state index contributed by atoms with van der Waals surface area (Å²) in [6.07, 6.45) is 0.995. The van der Waals surface area contributed by atoms with E-state index in [2.05, 4.69) is 25.2 Å². The maximum absolute atomic E-state index is 13.0. The molecule has 2 aromatic carbocycles. The SMILES string of the molecule is CCNC(CC)c1cccc(Oc2ccc(F)cc2Cl)c1. The lowest BCUT2D eigenvalue weighted by atomic mass is 10.0. The highest BCUT2D eigenvalue weighted by atomic mass is 35.5. The average Bonchev–Trinajstić information content (AvgIpc) is 2.48. The van der Waals surface area contributed by atoms with Gasteiger partial charge in [-0.1, -0.05) is 37.6 Å². The highest BCUT2D eigenvalue weighted by molar-refractivity contribution is 6.32. The zero-order valence-electron chi connectivity index (χ0n) is 12.2. The first-order valence-corrected chi connectivity index (χ1v) is 7.48. The third kappa shape index (κ3) is 4.19. The molecule has 0 spiro atoms. The largest absolute Gasteiger partial charge is 0.456 e. The molecule has 0 aliphatic carbocycles. The second-order valence-corrected chi connectivity index (χ2v) is 5.18. The Balaban J connectivity index is 2.21. The number of hydrogen-bond acceptors (Lipinski definition) is 2. The Bertz CT molecular complexity index is 603. The lowest BCUT2D eigenvalue weighted by Gasteiger charge is -2.17. The molecule has 112 valence electrons. The van der Waals surface area contributed by atoms with Crippen molar-refractivity contribution in [1.82, 2.24) is 5.32 Å². The Labute approximate surface area is 129 Å². The fraction of sp³-hybridized carbons (Fsp3) is 0.294. The lowest BCUT2D eigenvalue weighted by Crippen LogP contribution is -2.19. The first kappa shape index (κ1) is 15.8. The van der Waals surface area contributed by atoms with Crippen molar-refractivity contribution < 1.29 is 9.13 Å². The first-order valence-electron chi connectivity index (χ1n) is 7.10. The molecule has 0 saturated carbocycles.